The van der Waals surface area contributed by atoms with Gasteiger partial charge >= 0.3 is 0 Å². The van der Waals surface area contributed by atoms with Crippen molar-refractivity contribution in [1.29, 1.82) is 0 Å². The molecule has 2 atom stereocenters. The fourth-order valence-corrected chi connectivity index (χ4v) is 1.66. The highest BCUT2D eigenvalue weighted by atomic mass is 35.5. The Morgan fingerprint density at radius 3 is 2.47 bits per heavy atom. The van der Waals surface area contributed by atoms with Gasteiger partial charge in [-0.25, -0.2) is 0 Å². The molecule has 15 heavy (non-hydrogen) atoms. The summed E-state index contributed by atoms with van der Waals surface area (Å²) in [5.41, 5.74) is 1.27. The minimum absolute atomic E-state index is 0.325. The van der Waals surface area contributed by atoms with Crippen molar-refractivity contribution in [3.05, 3.63) is 47.5 Å². The quantitative estimate of drug-likeness (QED) is 0.746. The monoisotopic (exact) mass is 223 g/mol. The SMILES string of the molecule is C=CC(C)NC(CC)c1ccc(Cl)cc1. The number of halogens is 1. The zero-order chi connectivity index (χ0) is 11.3. The Bertz CT molecular complexity index is 305. The molecule has 1 N–H and O–H groups in total. The van der Waals surface area contributed by atoms with E-state index in [4.69, 9.17) is 11.6 Å². The normalized spacial score (nSPS) is 14.6. The first-order valence-electron chi connectivity index (χ1n) is 5.31. The summed E-state index contributed by atoms with van der Waals surface area (Å²) in [6.07, 6.45) is 2.97. The molecule has 0 aliphatic carbocycles. The Kier molecular flexibility index (Phi) is 4.86. The number of benzene rings is 1. The molecule has 2 heteroatoms. The molecule has 1 aromatic carbocycles. The Labute approximate surface area is 97.1 Å². The number of rotatable bonds is 5. The highest BCUT2D eigenvalue weighted by Crippen LogP contribution is 2.19. The van der Waals surface area contributed by atoms with Gasteiger partial charge in [0.2, 0.25) is 0 Å². The van der Waals surface area contributed by atoms with E-state index in [0.29, 0.717) is 12.1 Å². The zero-order valence-corrected chi connectivity index (χ0v) is 10.1. The molecule has 0 aliphatic heterocycles. The van der Waals surface area contributed by atoms with Crippen molar-refractivity contribution in [1.82, 2.24) is 5.32 Å². The maximum absolute atomic E-state index is 5.86. The van der Waals surface area contributed by atoms with Crippen molar-refractivity contribution in [2.24, 2.45) is 0 Å². The number of hydrogen-bond donors (Lipinski definition) is 1. The highest BCUT2D eigenvalue weighted by Gasteiger charge is 2.10. The zero-order valence-electron chi connectivity index (χ0n) is 9.33. The largest absolute Gasteiger partial charge is 0.304 e. The molecule has 82 valence electrons. The third kappa shape index (κ3) is 3.69. The van der Waals surface area contributed by atoms with Crippen LogP contribution >= 0.6 is 11.6 Å². The summed E-state index contributed by atoms with van der Waals surface area (Å²) in [6.45, 7) is 8.04. The van der Waals surface area contributed by atoms with E-state index in [1.165, 1.54) is 5.56 Å². The van der Waals surface area contributed by atoms with E-state index >= 15 is 0 Å². The van der Waals surface area contributed by atoms with Crippen molar-refractivity contribution >= 4 is 11.6 Å². The smallest absolute Gasteiger partial charge is 0.0406 e. The maximum atomic E-state index is 5.86. The van der Waals surface area contributed by atoms with Gasteiger partial charge in [0.1, 0.15) is 0 Å². The van der Waals surface area contributed by atoms with E-state index in [1.54, 1.807) is 0 Å². The molecule has 0 aromatic heterocycles. The average molecular weight is 224 g/mol. The molecule has 0 aliphatic rings. The van der Waals surface area contributed by atoms with Crippen LogP contribution in [0.15, 0.2) is 36.9 Å². The first-order valence-corrected chi connectivity index (χ1v) is 5.69. The molecule has 1 aromatic rings. The lowest BCUT2D eigenvalue weighted by atomic mass is 10.0. The number of hydrogen-bond acceptors (Lipinski definition) is 1. The van der Waals surface area contributed by atoms with Crippen LogP contribution in [-0.4, -0.2) is 6.04 Å². The average Bonchev–Trinajstić information content (AvgIpc) is 2.27. The fraction of sp³-hybridized carbons (Fsp3) is 0.385. The van der Waals surface area contributed by atoms with Crippen LogP contribution < -0.4 is 5.32 Å². The van der Waals surface area contributed by atoms with Crippen LogP contribution in [0.2, 0.25) is 5.02 Å². The molecule has 0 amide bonds. The molecule has 2 unspecified atom stereocenters. The van der Waals surface area contributed by atoms with Gasteiger partial charge in [0.25, 0.3) is 0 Å². The first kappa shape index (κ1) is 12.3. The van der Waals surface area contributed by atoms with Gasteiger partial charge in [-0.3, -0.25) is 0 Å². The summed E-state index contributed by atoms with van der Waals surface area (Å²) in [7, 11) is 0. The van der Waals surface area contributed by atoms with Crippen LogP contribution in [0.1, 0.15) is 31.9 Å². The van der Waals surface area contributed by atoms with Gasteiger partial charge in [0.05, 0.1) is 0 Å². The molecule has 0 radical (unpaired) electrons. The van der Waals surface area contributed by atoms with Crippen molar-refractivity contribution in [3.63, 3.8) is 0 Å². The van der Waals surface area contributed by atoms with Gasteiger partial charge in [-0.15, -0.1) is 6.58 Å². The van der Waals surface area contributed by atoms with E-state index < -0.39 is 0 Å². The number of nitrogens with one attached hydrogen (secondary N) is 1. The van der Waals surface area contributed by atoms with E-state index in [1.807, 2.05) is 18.2 Å². The molecule has 0 saturated carbocycles. The van der Waals surface area contributed by atoms with Crippen molar-refractivity contribution < 1.29 is 0 Å². The molecule has 0 spiro atoms. The molecule has 0 fully saturated rings. The fourth-order valence-electron chi connectivity index (χ4n) is 1.53. The van der Waals surface area contributed by atoms with Crippen LogP contribution in [0.3, 0.4) is 0 Å². The summed E-state index contributed by atoms with van der Waals surface area (Å²) in [5, 5.41) is 4.27. The van der Waals surface area contributed by atoms with Crippen LogP contribution in [0, 0.1) is 0 Å². The van der Waals surface area contributed by atoms with Crippen molar-refractivity contribution in [2.75, 3.05) is 0 Å². The van der Waals surface area contributed by atoms with Gasteiger partial charge in [-0.1, -0.05) is 36.7 Å². The Balaban J connectivity index is 2.73. The third-order valence-corrected chi connectivity index (χ3v) is 2.75. The summed E-state index contributed by atoms with van der Waals surface area (Å²) in [4.78, 5) is 0. The lowest BCUT2D eigenvalue weighted by molar-refractivity contribution is 0.490. The molecule has 0 bridgehead atoms. The lowest BCUT2D eigenvalue weighted by Gasteiger charge is -2.20. The second-order valence-corrected chi connectivity index (χ2v) is 4.14. The lowest BCUT2D eigenvalue weighted by Crippen LogP contribution is -2.28. The maximum Gasteiger partial charge on any atom is 0.0406 e. The van der Waals surface area contributed by atoms with Gasteiger partial charge < -0.3 is 5.32 Å². The minimum Gasteiger partial charge on any atom is -0.304 e. The Morgan fingerprint density at radius 2 is 2.00 bits per heavy atom. The van der Waals surface area contributed by atoms with Crippen LogP contribution in [0.5, 0.6) is 0 Å². The van der Waals surface area contributed by atoms with Gasteiger partial charge in [-0.05, 0) is 31.0 Å². The molecular weight excluding hydrogens is 206 g/mol. The predicted molar refractivity (Wildman–Crippen MR) is 67.3 cm³/mol. The minimum atomic E-state index is 0.325. The van der Waals surface area contributed by atoms with Crippen molar-refractivity contribution in [3.8, 4) is 0 Å². The van der Waals surface area contributed by atoms with Crippen LogP contribution in [-0.2, 0) is 0 Å². The summed E-state index contributed by atoms with van der Waals surface area (Å²) < 4.78 is 0. The van der Waals surface area contributed by atoms with E-state index in [9.17, 15) is 0 Å². The topological polar surface area (TPSA) is 12.0 Å². The summed E-state index contributed by atoms with van der Waals surface area (Å²) in [6, 6.07) is 8.69. The molecule has 1 rings (SSSR count). The Morgan fingerprint density at radius 1 is 1.40 bits per heavy atom. The first-order chi connectivity index (χ1) is 7.17. The highest BCUT2D eigenvalue weighted by molar-refractivity contribution is 6.30. The molecular formula is C13H18ClN. The molecule has 1 nitrogen and oxygen atoms in total. The van der Waals surface area contributed by atoms with Crippen LogP contribution in [0.4, 0.5) is 0 Å². The van der Waals surface area contributed by atoms with Gasteiger partial charge in [0.15, 0.2) is 0 Å². The van der Waals surface area contributed by atoms with Gasteiger partial charge in [0, 0.05) is 17.1 Å². The Hall–Kier alpha value is -0.790. The summed E-state index contributed by atoms with van der Waals surface area (Å²) >= 11 is 5.86. The summed E-state index contributed by atoms with van der Waals surface area (Å²) in [5.74, 6) is 0. The second kappa shape index (κ2) is 5.94. The van der Waals surface area contributed by atoms with Crippen molar-refractivity contribution in [2.45, 2.75) is 32.4 Å². The third-order valence-electron chi connectivity index (χ3n) is 2.50. The van der Waals surface area contributed by atoms with Gasteiger partial charge in [-0.2, -0.15) is 0 Å². The molecule has 0 saturated heterocycles. The standard InChI is InChI=1S/C13H18ClN/c1-4-10(3)15-13(5-2)11-6-8-12(14)9-7-11/h4,6-10,13,15H,1,5H2,2-3H3. The van der Waals surface area contributed by atoms with E-state index in [0.717, 1.165) is 11.4 Å². The predicted octanol–water partition coefficient (Wildman–Crippen LogP) is 3.96. The molecule has 0 heterocycles. The van der Waals surface area contributed by atoms with E-state index in [-0.39, 0.29) is 0 Å². The second-order valence-electron chi connectivity index (χ2n) is 3.70. The van der Waals surface area contributed by atoms with E-state index in [2.05, 4.69) is 37.9 Å². The van der Waals surface area contributed by atoms with Crippen LogP contribution in [0.25, 0.3) is 0 Å².